The summed E-state index contributed by atoms with van der Waals surface area (Å²) in [6, 6.07) is 3.15. The van der Waals surface area contributed by atoms with Crippen LogP contribution in [0.5, 0.6) is 0 Å². The molecule has 1 aliphatic rings. The molecular formula is C10H15N3O3S. The molecule has 1 saturated heterocycles. The van der Waals surface area contributed by atoms with Crippen LogP contribution in [-0.2, 0) is 14.8 Å². The minimum Gasteiger partial charge on any atom is -0.396 e. The molecule has 1 aromatic heterocycles. The molecule has 94 valence electrons. The van der Waals surface area contributed by atoms with Crippen molar-refractivity contribution in [2.75, 3.05) is 32.0 Å². The molecule has 1 aromatic rings. The van der Waals surface area contributed by atoms with Crippen molar-refractivity contribution in [1.82, 2.24) is 9.29 Å². The second kappa shape index (κ2) is 4.99. The predicted molar refractivity (Wildman–Crippen MR) is 62.8 cm³/mol. The van der Waals surface area contributed by atoms with Crippen LogP contribution in [0.15, 0.2) is 23.4 Å². The Morgan fingerprint density at radius 1 is 1.35 bits per heavy atom. The van der Waals surface area contributed by atoms with Crippen molar-refractivity contribution in [1.29, 1.82) is 0 Å². The maximum Gasteiger partial charge on any atom is 0.262 e. The van der Waals surface area contributed by atoms with Crippen molar-refractivity contribution in [3.05, 3.63) is 18.3 Å². The first-order valence-electron chi connectivity index (χ1n) is 5.41. The zero-order valence-corrected chi connectivity index (χ0v) is 10.2. The number of nitrogens with two attached hydrogens (primary N) is 1. The Kier molecular flexibility index (Phi) is 3.60. The number of aromatic nitrogens is 1. The van der Waals surface area contributed by atoms with Gasteiger partial charge in [-0.15, -0.1) is 0 Å². The van der Waals surface area contributed by atoms with E-state index in [1.807, 2.05) is 0 Å². The molecule has 0 aliphatic carbocycles. The first-order valence-corrected chi connectivity index (χ1v) is 6.85. The minimum absolute atomic E-state index is 0.0677. The lowest BCUT2D eigenvalue weighted by molar-refractivity contribution is 0.148. The quantitative estimate of drug-likeness (QED) is 0.810. The molecule has 6 nitrogen and oxygen atoms in total. The molecule has 7 heteroatoms. The average Bonchev–Trinajstić information content (AvgIpc) is 2.58. The van der Waals surface area contributed by atoms with Gasteiger partial charge in [0.15, 0.2) is 5.03 Å². The van der Waals surface area contributed by atoms with E-state index in [9.17, 15) is 8.42 Å². The number of hydrogen-bond acceptors (Lipinski definition) is 5. The number of nitrogens with zero attached hydrogens (tertiary/aromatic N) is 2. The number of hydrogen-bond donors (Lipinski definition) is 1. The molecule has 2 rings (SSSR count). The van der Waals surface area contributed by atoms with Gasteiger partial charge in [0.05, 0.1) is 12.3 Å². The van der Waals surface area contributed by atoms with Gasteiger partial charge in [0, 0.05) is 25.9 Å². The second-order valence-corrected chi connectivity index (χ2v) is 5.62. The van der Waals surface area contributed by atoms with Crippen LogP contribution in [0.4, 0.5) is 5.69 Å². The molecule has 17 heavy (non-hydrogen) atoms. The van der Waals surface area contributed by atoms with Gasteiger partial charge in [0.1, 0.15) is 0 Å². The number of anilines is 1. The molecular weight excluding hydrogens is 242 g/mol. The van der Waals surface area contributed by atoms with Gasteiger partial charge in [-0.1, -0.05) is 0 Å². The van der Waals surface area contributed by atoms with Gasteiger partial charge in [-0.3, -0.25) is 0 Å². The van der Waals surface area contributed by atoms with E-state index in [1.54, 1.807) is 6.07 Å². The highest BCUT2D eigenvalue weighted by molar-refractivity contribution is 7.89. The summed E-state index contributed by atoms with van der Waals surface area (Å²) in [5, 5.41) is -0.0677. The number of nitrogen functional groups attached to an aromatic ring is 1. The van der Waals surface area contributed by atoms with Crippen molar-refractivity contribution in [2.24, 2.45) is 0 Å². The van der Waals surface area contributed by atoms with Gasteiger partial charge >= 0.3 is 0 Å². The molecule has 0 atom stereocenters. The Labute approximate surface area is 100 Å². The van der Waals surface area contributed by atoms with Gasteiger partial charge in [-0.05, 0) is 18.6 Å². The zero-order chi connectivity index (χ0) is 12.3. The van der Waals surface area contributed by atoms with E-state index >= 15 is 0 Å². The third-order valence-electron chi connectivity index (χ3n) is 2.57. The minimum atomic E-state index is -3.60. The molecule has 0 saturated carbocycles. The second-order valence-electron chi connectivity index (χ2n) is 3.77. The van der Waals surface area contributed by atoms with Crippen LogP contribution < -0.4 is 5.73 Å². The highest BCUT2D eigenvalue weighted by atomic mass is 32.2. The van der Waals surface area contributed by atoms with E-state index in [-0.39, 0.29) is 10.7 Å². The molecule has 0 aromatic carbocycles. The third kappa shape index (κ3) is 2.56. The normalized spacial score (nSPS) is 18.8. The summed E-state index contributed by atoms with van der Waals surface area (Å²) in [5.74, 6) is 0. The smallest absolute Gasteiger partial charge is 0.262 e. The maximum absolute atomic E-state index is 12.3. The van der Waals surface area contributed by atoms with Crippen LogP contribution in [0.3, 0.4) is 0 Å². The average molecular weight is 257 g/mol. The van der Waals surface area contributed by atoms with Crippen molar-refractivity contribution >= 4 is 15.7 Å². The van der Waals surface area contributed by atoms with E-state index in [4.69, 9.17) is 10.5 Å². The number of rotatable bonds is 2. The van der Waals surface area contributed by atoms with Crippen LogP contribution in [0.2, 0.25) is 0 Å². The van der Waals surface area contributed by atoms with Crippen LogP contribution in [0, 0.1) is 0 Å². The highest BCUT2D eigenvalue weighted by Gasteiger charge is 2.28. The lowest BCUT2D eigenvalue weighted by Gasteiger charge is -2.19. The fraction of sp³-hybridized carbons (Fsp3) is 0.500. The topological polar surface area (TPSA) is 85.5 Å². The summed E-state index contributed by atoms with van der Waals surface area (Å²) in [7, 11) is -3.60. The van der Waals surface area contributed by atoms with Crippen LogP contribution in [0.1, 0.15) is 6.42 Å². The van der Waals surface area contributed by atoms with Crippen molar-refractivity contribution < 1.29 is 13.2 Å². The molecule has 2 N–H and O–H groups in total. The van der Waals surface area contributed by atoms with E-state index in [0.717, 1.165) is 0 Å². The Morgan fingerprint density at radius 3 is 2.94 bits per heavy atom. The Bertz CT molecular complexity index is 481. The van der Waals surface area contributed by atoms with Crippen LogP contribution in [0.25, 0.3) is 0 Å². The summed E-state index contributed by atoms with van der Waals surface area (Å²) in [4.78, 5) is 3.86. The van der Waals surface area contributed by atoms with Crippen LogP contribution >= 0.6 is 0 Å². The zero-order valence-electron chi connectivity index (χ0n) is 9.37. The largest absolute Gasteiger partial charge is 0.396 e. The molecule has 0 unspecified atom stereocenters. The van der Waals surface area contributed by atoms with Crippen molar-refractivity contribution in [3.63, 3.8) is 0 Å². The fourth-order valence-corrected chi connectivity index (χ4v) is 3.19. The van der Waals surface area contributed by atoms with Gasteiger partial charge in [0.25, 0.3) is 10.0 Å². The molecule has 1 aliphatic heterocycles. The first-order chi connectivity index (χ1) is 8.12. The standard InChI is InChI=1S/C10H15N3O3S/c11-9-3-1-4-12-10(9)17(14,15)13-5-2-7-16-8-6-13/h1,3-4H,2,5-8,11H2. The fourth-order valence-electron chi connectivity index (χ4n) is 1.70. The summed E-state index contributed by atoms with van der Waals surface area (Å²) in [6.07, 6.45) is 2.11. The monoisotopic (exact) mass is 257 g/mol. The van der Waals surface area contributed by atoms with Gasteiger partial charge in [0.2, 0.25) is 0 Å². The Hall–Kier alpha value is -1.18. The van der Waals surface area contributed by atoms with Crippen molar-refractivity contribution in [3.8, 4) is 0 Å². The van der Waals surface area contributed by atoms with E-state index in [0.29, 0.717) is 32.7 Å². The SMILES string of the molecule is Nc1cccnc1S(=O)(=O)N1CCCOCC1. The molecule has 2 heterocycles. The Morgan fingerprint density at radius 2 is 2.18 bits per heavy atom. The summed E-state index contributed by atoms with van der Waals surface area (Å²) in [5.41, 5.74) is 5.83. The summed E-state index contributed by atoms with van der Waals surface area (Å²) >= 11 is 0. The highest BCUT2D eigenvalue weighted by Crippen LogP contribution is 2.20. The van der Waals surface area contributed by atoms with Gasteiger partial charge in [-0.2, -0.15) is 4.31 Å². The number of sulfonamides is 1. The predicted octanol–water partition coefficient (Wildman–Crippen LogP) is 0.0748. The first kappa shape index (κ1) is 12.3. The number of pyridine rings is 1. The van der Waals surface area contributed by atoms with E-state index in [1.165, 1.54) is 16.6 Å². The molecule has 1 fully saturated rings. The molecule has 0 bridgehead atoms. The Balaban J connectivity index is 2.32. The van der Waals surface area contributed by atoms with Crippen LogP contribution in [-0.4, -0.2) is 44.0 Å². The molecule has 0 radical (unpaired) electrons. The summed E-state index contributed by atoms with van der Waals surface area (Å²) in [6.45, 7) is 1.78. The van der Waals surface area contributed by atoms with Gasteiger partial charge < -0.3 is 10.5 Å². The summed E-state index contributed by atoms with van der Waals surface area (Å²) < 4.78 is 31.2. The lowest BCUT2D eigenvalue weighted by atomic mass is 10.4. The lowest BCUT2D eigenvalue weighted by Crippen LogP contribution is -2.34. The maximum atomic E-state index is 12.3. The van der Waals surface area contributed by atoms with E-state index < -0.39 is 10.0 Å². The van der Waals surface area contributed by atoms with Crippen molar-refractivity contribution in [2.45, 2.75) is 11.4 Å². The third-order valence-corrected chi connectivity index (χ3v) is 4.44. The van der Waals surface area contributed by atoms with E-state index in [2.05, 4.69) is 4.98 Å². The molecule has 0 amide bonds. The number of ether oxygens (including phenoxy) is 1. The molecule has 0 spiro atoms. The van der Waals surface area contributed by atoms with Gasteiger partial charge in [-0.25, -0.2) is 13.4 Å².